The molecule has 0 aliphatic rings. The van der Waals surface area contributed by atoms with E-state index in [0.29, 0.717) is 16.6 Å². The van der Waals surface area contributed by atoms with Crippen LogP contribution in [0, 0.1) is 10.1 Å². The van der Waals surface area contributed by atoms with Crippen LogP contribution in [0.2, 0.25) is 0 Å². The maximum atomic E-state index is 11.8. The molecule has 1 atom stereocenters. The lowest BCUT2D eigenvalue weighted by Gasteiger charge is -2.21. The Kier molecular flexibility index (Phi) is 4.42. The van der Waals surface area contributed by atoms with E-state index in [1.54, 1.807) is 6.92 Å². The van der Waals surface area contributed by atoms with Gasteiger partial charge in [-0.2, -0.15) is 0 Å². The zero-order valence-electron chi connectivity index (χ0n) is 10.1. The van der Waals surface area contributed by atoms with E-state index >= 15 is 0 Å². The molecule has 0 aromatic heterocycles. The number of halogens is 1. The van der Waals surface area contributed by atoms with Crippen LogP contribution in [0.1, 0.15) is 20.3 Å². The van der Waals surface area contributed by atoms with Crippen molar-refractivity contribution >= 4 is 33.2 Å². The largest absolute Gasteiger partial charge is 0.324 e. The van der Waals surface area contributed by atoms with Crippen LogP contribution >= 0.6 is 15.9 Å². The van der Waals surface area contributed by atoms with Crippen molar-refractivity contribution in [3.63, 3.8) is 0 Å². The van der Waals surface area contributed by atoms with Gasteiger partial charge in [0.05, 0.1) is 14.9 Å². The molecule has 0 radical (unpaired) electrons. The maximum Gasteiger partial charge on any atom is 0.283 e. The summed E-state index contributed by atoms with van der Waals surface area (Å²) in [7, 11) is 0. The van der Waals surface area contributed by atoms with E-state index in [0.717, 1.165) is 0 Å². The highest BCUT2D eigenvalue weighted by Crippen LogP contribution is 2.28. The standard InChI is InChI=1S/C11H14BrN3O3/c1-3-11(2,13)10(16)14-7-4-5-9(15(17)18)8(12)6-7/h4-6H,3,13H2,1-2H3,(H,14,16). The molecule has 1 amide bonds. The fraction of sp³-hybridized carbons (Fsp3) is 0.364. The van der Waals surface area contributed by atoms with Crippen molar-refractivity contribution in [3.05, 3.63) is 32.8 Å². The zero-order valence-corrected chi connectivity index (χ0v) is 11.7. The van der Waals surface area contributed by atoms with E-state index in [9.17, 15) is 14.9 Å². The van der Waals surface area contributed by atoms with E-state index in [2.05, 4.69) is 21.2 Å². The molecular weight excluding hydrogens is 302 g/mol. The Morgan fingerprint density at radius 1 is 1.61 bits per heavy atom. The Labute approximate surface area is 113 Å². The van der Waals surface area contributed by atoms with Gasteiger partial charge in [0.2, 0.25) is 5.91 Å². The number of anilines is 1. The normalized spacial score (nSPS) is 13.8. The summed E-state index contributed by atoms with van der Waals surface area (Å²) in [6.07, 6.45) is 0.493. The van der Waals surface area contributed by atoms with Crippen molar-refractivity contribution in [1.29, 1.82) is 0 Å². The molecule has 3 N–H and O–H groups in total. The topological polar surface area (TPSA) is 98.3 Å². The number of carbonyl (C=O) groups excluding carboxylic acids is 1. The van der Waals surface area contributed by atoms with Crippen LogP contribution in [0.25, 0.3) is 0 Å². The molecule has 1 aromatic carbocycles. The summed E-state index contributed by atoms with van der Waals surface area (Å²) in [5.41, 5.74) is 5.23. The lowest BCUT2D eigenvalue weighted by atomic mass is 9.99. The number of nitrogens with two attached hydrogens (primary N) is 1. The molecule has 1 rings (SSSR count). The second-order valence-electron chi connectivity index (χ2n) is 4.15. The third kappa shape index (κ3) is 3.27. The molecular formula is C11H14BrN3O3. The van der Waals surface area contributed by atoms with E-state index in [1.165, 1.54) is 18.2 Å². The Hall–Kier alpha value is -1.47. The number of carbonyl (C=O) groups is 1. The molecule has 18 heavy (non-hydrogen) atoms. The Morgan fingerprint density at radius 2 is 2.22 bits per heavy atom. The van der Waals surface area contributed by atoms with Crippen LogP contribution in [0.5, 0.6) is 0 Å². The number of amides is 1. The van der Waals surface area contributed by atoms with Gasteiger partial charge in [-0.3, -0.25) is 14.9 Å². The van der Waals surface area contributed by atoms with Crippen molar-refractivity contribution in [1.82, 2.24) is 0 Å². The molecule has 0 saturated heterocycles. The van der Waals surface area contributed by atoms with Crippen LogP contribution in [0.4, 0.5) is 11.4 Å². The fourth-order valence-corrected chi connectivity index (χ4v) is 1.69. The first-order chi connectivity index (χ1) is 8.27. The number of nitro benzene ring substituents is 1. The first kappa shape index (κ1) is 14.6. The molecule has 98 valence electrons. The first-order valence-corrected chi connectivity index (χ1v) is 6.11. The van der Waals surface area contributed by atoms with Gasteiger partial charge in [0, 0.05) is 11.8 Å². The van der Waals surface area contributed by atoms with E-state index in [1.807, 2.05) is 6.92 Å². The lowest BCUT2D eigenvalue weighted by molar-refractivity contribution is -0.385. The number of nitro groups is 1. The molecule has 0 aliphatic carbocycles. The molecule has 0 aliphatic heterocycles. The van der Waals surface area contributed by atoms with E-state index in [4.69, 9.17) is 5.73 Å². The summed E-state index contributed by atoms with van der Waals surface area (Å²) in [6.45, 7) is 3.44. The minimum atomic E-state index is -0.964. The monoisotopic (exact) mass is 315 g/mol. The van der Waals surface area contributed by atoms with Gasteiger partial charge < -0.3 is 11.1 Å². The molecule has 0 fully saturated rings. The van der Waals surface area contributed by atoms with Crippen molar-refractivity contribution in [2.24, 2.45) is 5.73 Å². The average Bonchev–Trinajstić information content (AvgIpc) is 2.28. The van der Waals surface area contributed by atoms with Gasteiger partial charge in [0.25, 0.3) is 5.69 Å². The van der Waals surface area contributed by atoms with Crippen LogP contribution in [-0.2, 0) is 4.79 Å². The van der Waals surface area contributed by atoms with Crippen LogP contribution in [0.3, 0.4) is 0 Å². The predicted molar refractivity (Wildman–Crippen MR) is 72.3 cm³/mol. The van der Waals surface area contributed by atoms with Gasteiger partial charge in [-0.05, 0) is 41.4 Å². The Balaban J connectivity index is 2.91. The number of nitrogens with one attached hydrogen (secondary N) is 1. The van der Waals surface area contributed by atoms with Gasteiger partial charge in [0.15, 0.2) is 0 Å². The molecule has 1 aromatic rings. The van der Waals surface area contributed by atoms with Gasteiger partial charge in [-0.25, -0.2) is 0 Å². The SMILES string of the molecule is CCC(C)(N)C(=O)Nc1ccc([N+](=O)[O-])c(Br)c1. The number of hydrogen-bond donors (Lipinski definition) is 2. The third-order valence-corrected chi connectivity index (χ3v) is 3.29. The summed E-state index contributed by atoms with van der Waals surface area (Å²) in [6, 6.07) is 4.26. The highest BCUT2D eigenvalue weighted by atomic mass is 79.9. The van der Waals surface area contributed by atoms with Crippen molar-refractivity contribution < 1.29 is 9.72 Å². The van der Waals surface area contributed by atoms with Crippen molar-refractivity contribution in [3.8, 4) is 0 Å². The predicted octanol–water partition coefficient (Wildman–Crippen LogP) is 2.42. The van der Waals surface area contributed by atoms with Gasteiger partial charge >= 0.3 is 0 Å². The van der Waals surface area contributed by atoms with E-state index in [-0.39, 0.29) is 11.6 Å². The van der Waals surface area contributed by atoms with Gasteiger partial charge in [-0.1, -0.05) is 6.92 Å². The van der Waals surface area contributed by atoms with Crippen molar-refractivity contribution in [2.75, 3.05) is 5.32 Å². The average molecular weight is 316 g/mol. The van der Waals surface area contributed by atoms with Crippen LogP contribution in [-0.4, -0.2) is 16.4 Å². The Bertz CT molecular complexity index is 488. The second-order valence-corrected chi connectivity index (χ2v) is 5.00. The van der Waals surface area contributed by atoms with Gasteiger partial charge in [0.1, 0.15) is 0 Å². The number of rotatable bonds is 4. The number of hydrogen-bond acceptors (Lipinski definition) is 4. The molecule has 1 unspecified atom stereocenters. The maximum absolute atomic E-state index is 11.8. The highest BCUT2D eigenvalue weighted by Gasteiger charge is 2.26. The van der Waals surface area contributed by atoms with Crippen LogP contribution in [0.15, 0.2) is 22.7 Å². The molecule has 7 heteroatoms. The summed E-state index contributed by atoms with van der Waals surface area (Å²) < 4.78 is 0.306. The van der Waals surface area contributed by atoms with Crippen molar-refractivity contribution in [2.45, 2.75) is 25.8 Å². The summed E-state index contributed by atoms with van der Waals surface area (Å²) in [5.74, 6) is -0.328. The smallest absolute Gasteiger partial charge is 0.283 e. The minimum absolute atomic E-state index is 0.0565. The highest BCUT2D eigenvalue weighted by molar-refractivity contribution is 9.10. The number of nitrogens with zero attached hydrogens (tertiary/aromatic N) is 1. The molecule has 0 saturated carbocycles. The summed E-state index contributed by atoms with van der Waals surface area (Å²) in [4.78, 5) is 21.9. The fourth-order valence-electron chi connectivity index (χ4n) is 1.17. The number of benzene rings is 1. The molecule has 0 spiro atoms. The summed E-state index contributed by atoms with van der Waals surface area (Å²) in [5, 5.41) is 13.3. The lowest BCUT2D eigenvalue weighted by Crippen LogP contribution is -2.47. The first-order valence-electron chi connectivity index (χ1n) is 5.32. The zero-order chi connectivity index (χ0) is 13.9. The Morgan fingerprint density at radius 3 is 2.67 bits per heavy atom. The molecule has 0 bridgehead atoms. The quantitative estimate of drug-likeness (QED) is 0.658. The molecule has 6 nitrogen and oxygen atoms in total. The van der Waals surface area contributed by atoms with Crippen LogP contribution < -0.4 is 11.1 Å². The molecule has 0 heterocycles. The minimum Gasteiger partial charge on any atom is -0.324 e. The van der Waals surface area contributed by atoms with Gasteiger partial charge in [-0.15, -0.1) is 0 Å². The third-order valence-electron chi connectivity index (χ3n) is 2.66. The second kappa shape index (κ2) is 5.45. The summed E-state index contributed by atoms with van der Waals surface area (Å²) >= 11 is 3.08. The van der Waals surface area contributed by atoms with E-state index < -0.39 is 10.5 Å².